The average molecular weight is 957 g/mol. The first kappa shape index (κ1) is 52.2. The molecule has 24 nitrogen and oxygen atoms in total. The summed E-state index contributed by atoms with van der Waals surface area (Å²) in [5.41, 5.74) is 0. The number of carbonyl (C=O) groups excluding carboxylic acids is 1. The Labute approximate surface area is 379 Å². The number of ether oxygens (including phenoxy) is 8. The minimum Gasteiger partial charge on any atom is -0.460 e. The number of carbonyl (C=O) groups is 1. The molecule has 27 unspecified atom stereocenters. The highest BCUT2D eigenvalue weighted by molar-refractivity contribution is 5.81. The van der Waals surface area contributed by atoms with Crippen molar-refractivity contribution in [2.75, 3.05) is 19.8 Å². The Morgan fingerprint density at radius 3 is 1.61 bits per heavy atom. The number of fused-ring (bicyclic) bond motifs is 1. The van der Waals surface area contributed by atoms with Crippen LogP contribution in [0, 0.1) is 17.8 Å². The van der Waals surface area contributed by atoms with Crippen LogP contribution < -0.4 is 0 Å². The molecule has 4 heterocycles. The molecule has 0 spiro atoms. The predicted octanol–water partition coefficient (Wildman–Crippen LogP) is -6.74. The predicted molar refractivity (Wildman–Crippen MR) is 214 cm³/mol. The molecule has 15 N–H and O–H groups in total. The molecule has 3 saturated carbocycles. The van der Waals surface area contributed by atoms with Gasteiger partial charge in [-0.25, -0.2) is 4.79 Å². The Balaban J connectivity index is 0.996. The zero-order valence-electron chi connectivity index (χ0n) is 36.1. The third-order valence-electron chi connectivity index (χ3n) is 14.4. The highest BCUT2D eigenvalue weighted by Crippen LogP contribution is 2.45. The summed E-state index contributed by atoms with van der Waals surface area (Å²) in [6.07, 6.45) is -28.1. The summed E-state index contributed by atoms with van der Waals surface area (Å²) in [6.45, 7) is -1.98. The van der Waals surface area contributed by atoms with Gasteiger partial charge in [-0.2, -0.15) is 0 Å². The molecule has 27 atom stereocenters. The normalized spacial score (nSPS) is 51.6. The lowest BCUT2D eigenvalue weighted by Crippen LogP contribution is -2.63. The van der Waals surface area contributed by atoms with Crippen molar-refractivity contribution in [3.05, 3.63) is 12.2 Å². The lowest BCUT2D eigenvalue weighted by atomic mass is 9.72. The fourth-order valence-corrected chi connectivity index (χ4v) is 10.5. The molecule has 7 rings (SSSR count). The molecule has 4 aliphatic heterocycles. The highest BCUT2D eigenvalue weighted by atomic mass is 16.7. The molecular formula is C42H68O24. The summed E-state index contributed by atoms with van der Waals surface area (Å²) < 4.78 is 47.2. The Morgan fingerprint density at radius 2 is 1.03 bits per heavy atom. The van der Waals surface area contributed by atoms with E-state index < -0.39 is 185 Å². The van der Waals surface area contributed by atoms with Gasteiger partial charge in [0.05, 0.1) is 68.1 Å². The third kappa shape index (κ3) is 11.6. The van der Waals surface area contributed by atoms with E-state index in [1.54, 1.807) is 0 Å². The van der Waals surface area contributed by atoms with Gasteiger partial charge in [0.2, 0.25) is 0 Å². The third-order valence-corrected chi connectivity index (χ3v) is 14.4. The van der Waals surface area contributed by atoms with Crippen LogP contribution in [0.1, 0.15) is 57.8 Å². The minimum absolute atomic E-state index is 0.0137. The molecule has 7 fully saturated rings. The summed E-state index contributed by atoms with van der Waals surface area (Å²) in [7, 11) is 0. The lowest BCUT2D eigenvalue weighted by Gasteiger charge is -2.52. The molecule has 66 heavy (non-hydrogen) atoms. The topological polar surface area (TPSA) is 394 Å². The number of aliphatic hydroxyl groups excluding tert-OH is 15. The molecular weight excluding hydrogens is 888 g/mol. The van der Waals surface area contributed by atoms with Crippen LogP contribution in [-0.4, -0.2) is 249 Å². The van der Waals surface area contributed by atoms with Crippen LogP contribution in [0.25, 0.3) is 0 Å². The van der Waals surface area contributed by atoms with E-state index in [1.807, 2.05) is 0 Å². The minimum atomic E-state index is -1.85. The molecule has 4 saturated heterocycles. The van der Waals surface area contributed by atoms with Crippen LogP contribution in [0.2, 0.25) is 0 Å². The van der Waals surface area contributed by atoms with Gasteiger partial charge in [-0.3, -0.25) is 0 Å². The Bertz CT molecular complexity index is 1580. The van der Waals surface area contributed by atoms with Crippen LogP contribution >= 0.6 is 0 Å². The van der Waals surface area contributed by atoms with Crippen molar-refractivity contribution in [1.82, 2.24) is 0 Å². The summed E-state index contributed by atoms with van der Waals surface area (Å²) in [4.78, 5) is 13.0. The molecule has 0 aromatic carbocycles. The van der Waals surface area contributed by atoms with Crippen LogP contribution in [0.15, 0.2) is 12.2 Å². The molecule has 0 radical (unpaired) electrons. The molecule has 380 valence electrons. The highest BCUT2D eigenvalue weighted by Gasteiger charge is 2.54. The standard InChI is InChI=1S/C42H68O24/c43-12-26-30(50)33(53)36(56)40(64-26)61-23-10-17(45)9-22-18(23)11-25(39(60-22)16-3-5-19(46)21(48)8-16)63-42-38(58)35(55)32(52)28(66-42)14-59-29(49)6-2-15-1-4-20(47)24(7-15)62-41-37(57)34(54)31(51)27(13-44)65-41/h2,6,15-28,30-48,50-58H,1,3-5,7-14H2. The van der Waals surface area contributed by atoms with Gasteiger partial charge in [0.25, 0.3) is 0 Å². The maximum atomic E-state index is 13.0. The van der Waals surface area contributed by atoms with Gasteiger partial charge in [-0.05, 0) is 63.2 Å². The zero-order valence-corrected chi connectivity index (χ0v) is 36.1. The first-order valence-corrected chi connectivity index (χ1v) is 22.9. The lowest BCUT2D eigenvalue weighted by molar-refractivity contribution is -0.344. The number of rotatable bonds is 13. The molecule has 3 aliphatic carbocycles. The summed E-state index contributed by atoms with van der Waals surface area (Å²) >= 11 is 0. The van der Waals surface area contributed by atoms with Crippen LogP contribution in [0.3, 0.4) is 0 Å². The van der Waals surface area contributed by atoms with Crippen molar-refractivity contribution in [3.63, 3.8) is 0 Å². The van der Waals surface area contributed by atoms with Gasteiger partial charge in [0, 0.05) is 18.4 Å². The van der Waals surface area contributed by atoms with Crippen molar-refractivity contribution >= 4 is 5.97 Å². The smallest absolute Gasteiger partial charge is 0.330 e. The van der Waals surface area contributed by atoms with E-state index in [1.165, 1.54) is 6.08 Å². The van der Waals surface area contributed by atoms with E-state index in [0.29, 0.717) is 12.8 Å². The molecule has 0 aromatic heterocycles. The molecule has 7 aliphatic rings. The first-order chi connectivity index (χ1) is 31.4. The summed E-state index contributed by atoms with van der Waals surface area (Å²) in [5, 5.41) is 157. The molecule has 0 amide bonds. The summed E-state index contributed by atoms with van der Waals surface area (Å²) in [6, 6.07) is 0. The quantitative estimate of drug-likeness (QED) is 0.0603. The monoisotopic (exact) mass is 956 g/mol. The number of allylic oxidation sites excluding steroid dienone is 1. The first-order valence-electron chi connectivity index (χ1n) is 22.9. The van der Waals surface area contributed by atoms with E-state index in [9.17, 15) is 81.4 Å². The Hall–Kier alpha value is -1.67. The number of aliphatic hydroxyl groups is 15. The SMILES string of the molecule is O=C(C=CC1CCC(O)C(OC2OC(CO)C(O)C(O)C2O)C1)OCC1OC(OC2CC3C(OC4OC(CO)C(O)C(O)C4O)CC(O)CC3OC2C2CCC(O)C(O)C2)C(O)C(O)C1O. The van der Waals surface area contributed by atoms with Crippen molar-refractivity contribution < 1.29 is 119 Å². The fraction of sp³-hybridized carbons (Fsp3) is 0.929. The van der Waals surface area contributed by atoms with E-state index in [-0.39, 0.29) is 50.9 Å². The number of esters is 1. The largest absolute Gasteiger partial charge is 0.460 e. The van der Waals surface area contributed by atoms with Gasteiger partial charge in [-0.15, -0.1) is 0 Å². The van der Waals surface area contributed by atoms with Crippen molar-refractivity contribution in [3.8, 4) is 0 Å². The van der Waals surface area contributed by atoms with Crippen LogP contribution in [0.4, 0.5) is 0 Å². The van der Waals surface area contributed by atoms with E-state index in [0.717, 1.165) is 6.08 Å². The van der Waals surface area contributed by atoms with Crippen molar-refractivity contribution in [2.45, 2.75) is 205 Å². The second-order valence-electron chi connectivity index (χ2n) is 18.9. The van der Waals surface area contributed by atoms with E-state index >= 15 is 0 Å². The van der Waals surface area contributed by atoms with Crippen molar-refractivity contribution in [1.29, 1.82) is 0 Å². The second-order valence-corrected chi connectivity index (χ2v) is 18.9. The van der Waals surface area contributed by atoms with Crippen LogP contribution in [0.5, 0.6) is 0 Å². The van der Waals surface area contributed by atoms with E-state index in [4.69, 9.17) is 37.9 Å². The van der Waals surface area contributed by atoms with Gasteiger partial charge in [0.1, 0.15) is 79.9 Å². The van der Waals surface area contributed by atoms with Gasteiger partial charge in [-0.1, -0.05) is 6.08 Å². The van der Waals surface area contributed by atoms with Gasteiger partial charge < -0.3 is 114 Å². The van der Waals surface area contributed by atoms with Crippen molar-refractivity contribution in [2.24, 2.45) is 17.8 Å². The van der Waals surface area contributed by atoms with E-state index in [2.05, 4.69) is 0 Å². The Morgan fingerprint density at radius 1 is 0.500 bits per heavy atom. The number of hydrogen-bond acceptors (Lipinski definition) is 24. The van der Waals surface area contributed by atoms with Gasteiger partial charge >= 0.3 is 5.97 Å². The maximum absolute atomic E-state index is 13.0. The Kier molecular flexibility index (Phi) is 17.9. The molecule has 24 heteroatoms. The zero-order chi connectivity index (χ0) is 47.7. The molecule has 0 bridgehead atoms. The maximum Gasteiger partial charge on any atom is 0.330 e. The van der Waals surface area contributed by atoms with Gasteiger partial charge in [0.15, 0.2) is 18.9 Å². The number of hydrogen-bond donors (Lipinski definition) is 15. The second kappa shape index (κ2) is 22.6. The fourth-order valence-electron chi connectivity index (χ4n) is 10.5. The summed E-state index contributed by atoms with van der Waals surface area (Å²) in [5.74, 6) is -2.25. The van der Waals surface area contributed by atoms with Crippen LogP contribution in [-0.2, 0) is 42.7 Å². The molecule has 0 aromatic rings. The average Bonchev–Trinajstić information content (AvgIpc) is 3.29.